The van der Waals surface area contributed by atoms with E-state index in [2.05, 4.69) is 26.0 Å². The highest BCUT2D eigenvalue weighted by atomic mass is 79.9. The van der Waals surface area contributed by atoms with Crippen molar-refractivity contribution in [3.63, 3.8) is 0 Å². The van der Waals surface area contributed by atoms with Gasteiger partial charge in [0.15, 0.2) is 11.3 Å². The first-order valence-electron chi connectivity index (χ1n) is 7.38. The van der Waals surface area contributed by atoms with Crippen LogP contribution in [-0.2, 0) is 6.42 Å². The number of amides is 1. The van der Waals surface area contributed by atoms with Gasteiger partial charge in [0.05, 0.1) is 16.9 Å². The second-order valence-corrected chi connectivity index (χ2v) is 6.83. The fraction of sp³-hybridized carbons (Fsp3) is 0.188. The number of halogens is 2. The Hall–Kier alpha value is -2.12. The molecule has 6 nitrogen and oxygen atoms in total. The van der Waals surface area contributed by atoms with Crippen molar-refractivity contribution in [3.8, 4) is 0 Å². The summed E-state index contributed by atoms with van der Waals surface area (Å²) >= 11 is 9.49. The highest BCUT2D eigenvalue weighted by Crippen LogP contribution is 2.32. The maximum Gasteiger partial charge on any atom is 0.292 e. The van der Waals surface area contributed by atoms with Crippen LogP contribution in [0.3, 0.4) is 0 Å². The Morgan fingerprint density at radius 3 is 3.04 bits per heavy atom. The number of anilines is 1. The van der Waals surface area contributed by atoms with Crippen LogP contribution in [0.25, 0.3) is 5.65 Å². The van der Waals surface area contributed by atoms with Crippen LogP contribution in [0.4, 0.5) is 5.69 Å². The molecule has 3 aromatic rings. The lowest BCUT2D eigenvalue weighted by atomic mass is 10.1. The van der Waals surface area contributed by atoms with E-state index in [1.807, 2.05) is 30.3 Å². The monoisotopic (exact) mass is 405 g/mol. The average molecular weight is 407 g/mol. The summed E-state index contributed by atoms with van der Waals surface area (Å²) in [6, 6.07) is 7.65. The smallest absolute Gasteiger partial charge is 0.285 e. The van der Waals surface area contributed by atoms with Crippen LogP contribution < -0.4 is 5.01 Å². The normalized spacial score (nSPS) is 14.1. The molecule has 4 rings (SSSR count). The standard InChI is InChI=1S/C16H13BrClN5O/c1-21-14-4-2-3-12(17)11(14)5-6-23(21)16(24)13-7-15-19-8-10(18)9-22(15)20-13/h2-4,7-9H,5-6H2,1H3. The molecule has 1 amide bonds. The minimum Gasteiger partial charge on any atom is -0.285 e. The van der Waals surface area contributed by atoms with Crippen LogP contribution in [0.15, 0.2) is 41.1 Å². The number of carbonyl (C=O) groups excluding carboxylic acids is 1. The van der Waals surface area contributed by atoms with E-state index in [1.54, 1.807) is 17.3 Å². The average Bonchev–Trinajstić information content (AvgIpc) is 2.98. The third-order valence-electron chi connectivity index (χ3n) is 4.11. The molecular formula is C16H13BrClN5O. The third-order valence-corrected chi connectivity index (χ3v) is 5.05. The maximum absolute atomic E-state index is 12.9. The number of hydrogen-bond donors (Lipinski definition) is 0. The van der Waals surface area contributed by atoms with Crippen LogP contribution >= 0.6 is 27.5 Å². The highest BCUT2D eigenvalue weighted by Gasteiger charge is 2.28. The minimum atomic E-state index is -0.162. The summed E-state index contributed by atoms with van der Waals surface area (Å²) in [4.78, 5) is 17.1. The molecular weight excluding hydrogens is 394 g/mol. The fourth-order valence-corrected chi connectivity index (χ4v) is 3.62. The molecule has 0 spiro atoms. The van der Waals surface area contributed by atoms with Gasteiger partial charge < -0.3 is 0 Å². The molecule has 0 unspecified atom stereocenters. The zero-order valence-electron chi connectivity index (χ0n) is 12.8. The van der Waals surface area contributed by atoms with Crippen molar-refractivity contribution in [2.75, 3.05) is 18.6 Å². The number of fused-ring (bicyclic) bond motifs is 2. The van der Waals surface area contributed by atoms with E-state index in [0.717, 1.165) is 16.6 Å². The molecule has 0 radical (unpaired) electrons. The summed E-state index contributed by atoms with van der Waals surface area (Å²) in [5.41, 5.74) is 3.14. The number of nitrogens with zero attached hydrogens (tertiary/aromatic N) is 5. The lowest BCUT2D eigenvalue weighted by Crippen LogP contribution is -2.48. The third kappa shape index (κ3) is 2.44. The Morgan fingerprint density at radius 2 is 2.21 bits per heavy atom. The molecule has 0 saturated heterocycles. The summed E-state index contributed by atoms with van der Waals surface area (Å²) in [5.74, 6) is -0.162. The van der Waals surface area contributed by atoms with Crippen LogP contribution in [0.1, 0.15) is 16.1 Å². The number of benzene rings is 1. The minimum absolute atomic E-state index is 0.162. The molecule has 0 aliphatic carbocycles. The van der Waals surface area contributed by atoms with Crippen LogP contribution in [-0.4, -0.2) is 39.1 Å². The van der Waals surface area contributed by atoms with E-state index in [0.29, 0.717) is 22.9 Å². The first-order valence-corrected chi connectivity index (χ1v) is 8.55. The lowest BCUT2D eigenvalue weighted by molar-refractivity contribution is 0.0732. The van der Waals surface area contributed by atoms with E-state index in [9.17, 15) is 4.79 Å². The van der Waals surface area contributed by atoms with Crippen molar-refractivity contribution in [3.05, 3.63) is 57.4 Å². The van der Waals surface area contributed by atoms with Gasteiger partial charge in [0, 0.05) is 30.3 Å². The van der Waals surface area contributed by atoms with E-state index >= 15 is 0 Å². The number of rotatable bonds is 1. The van der Waals surface area contributed by atoms with Crippen molar-refractivity contribution in [1.82, 2.24) is 19.6 Å². The lowest BCUT2D eigenvalue weighted by Gasteiger charge is -2.38. The largest absolute Gasteiger partial charge is 0.292 e. The summed E-state index contributed by atoms with van der Waals surface area (Å²) in [6.45, 7) is 0.590. The van der Waals surface area contributed by atoms with E-state index < -0.39 is 0 Å². The molecule has 2 aromatic heterocycles. The van der Waals surface area contributed by atoms with Gasteiger partial charge in [0.1, 0.15) is 0 Å². The highest BCUT2D eigenvalue weighted by molar-refractivity contribution is 9.10. The van der Waals surface area contributed by atoms with Gasteiger partial charge >= 0.3 is 0 Å². The Balaban J connectivity index is 1.69. The summed E-state index contributed by atoms with van der Waals surface area (Å²) in [7, 11) is 1.88. The zero-order chi connectivity index (χ0) is 16.8. The molecule has 3 heterocycles. The predicted molar refractivity (Wildman–Crippen MR) is 95.3 cm³/mol. The summed E-state index contributed by atoms with van der Waals surface area (Å²) in [6.07, 6.45) is 3.95. The molecule has 1 aliphatic rings. The van der Waals surface area contributed by atoms with Crippen molar-refractivity contribution >= 4 is 44.8 Å². The molecule has 0 fully saturated rings. The molecule has 0 atom stereocenters. The molecule has 1 aliphatic heterocycles. The Kier molecular flexibility index (Phi) is 3.69. The van der Waals surface area contributed by atoms with Crippen LogP contribution in [0, 0.1) is 0 Å². The number of carbonyl (C=O) groups is 1. The van der Waals surface area contributed by atoms with Gasteiger partial charge in [0.2, 0.25) is 0 Å². The fourth-order valence-electron chi connectivity index (χ4n) is 2.92. The first-order chi connectivity index (χ1) is 11.5. The molecule has 122 valence electrons. The van der Waals surface area contributed by atoms with Crippen molar-refractivity contribution in [1.29, 1.82) is 0 Å². The van der Waals surface area contributed by atoms with Crippen molar-refractivity contribution in [2.24, 2.45) is 0 Å². The van der Waals surface area contributed by atoms with Gasteiger partial charge in [-0.25, -0.2) is 14.5 Å². The molecule has 0 bridgehead atoms. The van der Waals surface area contributed by atoms with Gasteiger partial charge in [-0.2, -0.15) is 5.10 Å². The van der Waals surface area contributed by atoms with Crippen LogP contribution in [0.5, 0.6) is 0 Å². The zero-order valence-corrected chi connectivity index (χ0v) is 15.1. The summed E-state index contributed by atoms with van der Waals surface area (Å²) in [5, 5.41) is 8.33. The maximum atomic E-state index is 12.9. The predicted octanol–water partition coefficient (Wildman–Crippen LogP) is 3.19. The summed E-state index contributed by atoms with van der Waals surface area (Å²) < 4.78 is 2.58. The van der Waals surface area contributed by atoms with Gasteiger partial charge in [-0.1, -0.05) is 33.6 Å². The molecule has 0 N–H and O–H groups in total. The van der Waals surface area contributed by atoms with Crippen molar-refractivity contribution in [2.45, 2.75) is 6.42 Å². The quantitative estimate of drug-likeness (QED) is 0.623. The van der Waals surface area contributed by atoms with Gasteiger partial charge in [-0.3, -0.25) is 9.80 Å². The molecule has 0 saturated carbocycles. The second kappa shape index (κ2) is 5.75. The van der Waals surface area contributed by atoms with E-state index in [1.165, 1.54) is 16.3 Å². The molecule has 8 heteroatoms. The molecule has 24 heavy (non-hydrogen) atoms. The number of hydrazine groups is 1. The van der Waals surface area contributed by atoms with Gasteiger partial charge in [-0.05, 0) is 24.1 Å². The first kappa shape index (κ1) is 15.4. The Bertz CT molecular complexity index is 957. The molecule has 1 aromatic carbocycles. The second-order valence-electron chi connectivity index (χ2n) is 5.54. The van der Waals surface area contributed by atoms with Crippen molar-refractivity contribution < 1.29 is 4.79 Å². The SMILES string of the molecule is CN1c2cccc(Br)c2CCN1C(=O)c1cc2ncc(Cl)cn2n1. The number of aromatic nitrogens is 3. The van der Waals surface area contributed by atoms with Gasteiger partial charge in [0.25, 0.3) is 5.91 Å². The van der Waals surface area contributed by atoms with E-state index in [4.69, 9.17) is 11.6 Å². The van der Waals surface area contributed by atoms with Gasteiger partial charge in [-0.15, -0.1) is 0 Å². The Morgan fingerprint density at radius 1 is 1.38 bits per heavy atom. The topological polar surface area (TPSA) is 53.7 Å². The van der Waals surface area contributed by atoms with Crippen LogP contribution in [0.2, 0.25) is 5.02 Å². The Labute approximate surface area is 151 Å². The number of hydrogen-bond acceptors (Lipinski definition) is 4. The van der Waals surface area contributed by atoms with E-state index in [-0.39, 0.29) is 5.91 Å².